The van der Waals surface area contributed by atoms with Crippen molar-refractivity contribution >= 4 is 17.5 Å². The Hall–Kier alpha value is -1.49. The van der Waals surface area contributed by atoms with E-state index in [1.807, 2.05) is 13.8 Å². The summed E-state index contributed by atoms with van der Waals surface area (Å²) in [6, 6.07) is 0. The van der Waals surface area contributed by atoms with E-state index >= 15 is 0 Å². The Bertz CT molecular complexity index is 771. The predicted octanol–water partition coefficient (Wildman–Crippen LogP) is 3.63. The molecule has 5 aliphatic rings. The van der Waals surface area contributed by atoms with Crippen LogP contribution in [0.2, 0.25) is 0 Å². The minimum Gasteiger partial charge on any atom is -0.465 e. The fourth-order valence-electron chi connectivity index (χ4n) is 7.60. The van der Waals surface area contributed by atoms with E-state index in [4.69, 9.17) is 4.74 Å². The lowest BCUT2D eigenvalue weighted by Gasteiger charge is -2.67. The number of carbonyl (C=O) groups is 3. The van der Waals surface area contributed by atoms with Crippen LogP contribution in [-0.2, 0) is 19.1 Å². The lowest BCUT2D eigenvalue weighted by Crippen LogP contribution is -2.67. The molecule has 5 aliphatic carbocycles. The first-order valence-electron chi connectivity index (χ1n) is 11.2. The predicted molar refractivity (Wildman–Crippen MR) is 108 cm³/mol. The van der Waals surface area contributed by atoms with E-state index in [0.717, 1.165) is 31.3 Å². The van der Waals surface area contributed by atoms with Crippen molar-refractivity contribution in [3.05, 3.63) is 12.2 Å². The smallest absolute Gasteiger partial charge is 0.305 e. The fourth-order valence-corrected chi connectivity index (χ4v) is 7.60. The van der Waals surface area contributed by atoms with Gasteiger partial charge in [-0.15, -0.1) is 0 Å². The van der Waals surface area contributed by atoms with Crippen LogP contribution in [0.15, 0.2) is 12.2 Å². The van der Waals surface area contributed by atoms with Gasteiger partial charge < -0.3 is 9.84 Å². The molecule has 7 atom stereocenters. The molecular weight excluding hydrogens is 368 g/mol. The molecule has 160 valence electrons. The topological polar surface area (TPSA) is 80.7 Å². The number of hydrogen-bond acceptors (Lipinski definition) is 5. The van der Waals surface area contributed by atoms with Gasteiger partial charge in [0.2, 0.25) is 0 Å². The largest absolute Gasteiger partial charge is 0.465 e. The molecule has 0 aromatic carbocycles. The molecule has 5 nitrogen and oxygen atoms in total. The highest BCUT2D eigenvalue weighted by Crippen LogP contribution is 2.70. The van der Waals surface area contributed by atoms with Gasteiger partial charge in [-0.05, 0) is 62.7 Å². The normalized spacial score (nSPS) is 46.3. The maximum atomic E-state index is 13.2. The average Bonchev–Trinajstić information content (AvgIpc) is 2.67. The van der Waals surface area contributed by atoms with Gasteiger partial charge in [0.15, 0.2) is 5.78 Å². The zero-order valence-corrected chi connectivity index (χ0v) is 18.0. The van der Waals surface area contributed by atoms with Crippen molar-refractivity contribution in [3.63, 3.8) is 0 Å². The van der Waals surface area contributed by atoms with E-state index in [9.17, 15) is 19.5 Å². The molecular formula is C24H34O5. The first-order valence-corrected chi connectivity index (χ1v) is 11.2. The summed E-state index contributed by atoms with van der Waals surface area (Å²) in [6.45, 7) is 10.5. The van der Waals surface area contributed by atoms with Crippen molar-refractivity contribution in [3.8, 4) is 0 Å². The lowest BCUT2D eigenvalue weighted by atomic mass is 9.36. The number of carbonyl (C=O) groups excluding carboxylic acids is 3. The average molecular weight is 403 g/mol. The first-order chi connectivity index (χ1) is 13.6. The molecule has 2 bridgehead atoms. The van der Waals surface area contributed by atoms with E-state index in [1.165, 1.54) is 0 Å². The van der Waals surface area contributed by atoms with E-state index < -0.39 is 16.9 Å². The summed E-state index contributed by atoms with van der Waals surface area (Å²) in [5.74, 6) is 0.0113. The van der Waals surface area contributed by atoms with Crippen molar-refractivity contribution in [2.75, 3.05) is 6.61 Å². The third-order valence-corrected chi connectivity index (χ3v) is 9.12. The van der Waals surface area contributed by atoms with Crippen LogP contribution in [0, 0.1) is 34.0 Å². The van der Waals surface area contributed by atoms with Crippen LogP contribution in [0.1, 0.15) is 72.1 Å². The maximum absolute atomic E-state index is 13.2. The van der Waals surface area contributed by atoms with Crippen LogP contribution in [0.3, 0.4) is 0 Å². The zero-order chi connectivity index (χ0) is 21.2. The van der Waals surface area contributed by atoms with Crippen molar-refractivity contribution in [1.29, 1.82) is 0 Å². The number of ketones is 2. The Morgan fingerprint density at radius 3 is 2.66 bits per heavy atom. The van der Waals surface area contributed by atoms with Gasteiger partial charge in [0, 0.05) is 24.2 Å². The van der Waals surface area contributed by atoms with E-state index in [1.54, 1.807) is 0 Å². The quantitative estimate of drug-likeness (QED) is 0.574. The third-order valence-electron chi connectivity index (χ3n) is 9.12. The molecule has 0 unspecified atom stereocenters. The SMILES string of the molecule is C=C1C[C@@]23CC[C@H]4[C@@](C)(CCC(=O)[C@@]4(C)COC(=O)CCC)[C@@H]2C[C@@H]1[C@@H](O)C3=O. The van der Waals surface area contributed by atoms with Crippen LogP contribution in [0.5, 0.6) is 0 Å². The molecule has 5 rings (SSSR count). The highest BCUT2D eigenvalue weighted by Gasteiger charge is 2.69. The highest BCUT2D eigenvalue weighted by atomic mass is 16.5. The van der Waals surface area contributed by atoms with Gasteiger partial charge in [0.25, 0.3) is 0 Å². The summed E-state index contributed by atoms with van der Waals surface area (Å²) in [7, 11) is 0. The third kappa shape index (κ3) is 2.72. The van der Waals surface area contributed by atoms with Gasteiger partial charge in [0.1, 0.15) is 18.5 Å². The Balaban J connectivity index is 1.67. The second-order valence-electron chi connectivity index (χ2n) is 10.5. The van der Waals surface area contributed by atoms with Crippen LogP contribution in [-0.4, -0.2) is 35.4 Å². The van der Waals surface area contributed by atoms with Crippen molar-refractivity contribution in [2.45, 2.75) is 78.2 Å². The monoisotopic (exact) mass is 402 g/mol. The first kappa shape index (κ1) is 20.8. The maximum Gasteiger partial charge on any atom is 0.305 e. The zero-order valence-electron chi connectivity index (χ0n) is 18.0. The number of rotatable bonds is 4. The Kier molecular flexibility index (Phi) is 4.84. The van der Waals surface area contributed by atoms with E-state index in [0.29, 0.717) is 25.7 Å². The van der Waals surface area contributed by atoms with Gasteiger partial charge in [-0.25, -0.2) is 0 Å². The van der Waals surface area contributed by atoms with Gasteiger partial charge in [0.05, 0.1) is 5.41 Å². The molecule has 0 aromatic rings. The minimum absolute atomic E-state index is 0.00111. The minimum atomic E-state index is -0.917. The molecule has 0 saturated heterocycles. The summed E-state index contributed by atoms with van der Waals surface area (Å²) >= 11 is 0. The van der Waals surface area contributed by atoms with Crippen LogP contribution < -0.4 is 0 Å². The molecule has 5 heteroatoms. The number of Topliss-reactive ketones (excluding diaryl/α,β-unsaturated/α-hetero) is 2. The summed E-state index contributed by atoms with van der Waals surface area (Å²) in [5, 5.41) is 10.6. The molecule has 1 spiro atoms. The van der Waals surface area contributed by atoms with Gasteiger partial charge in [-0.1, -0.05) is 26.0 Å². The Labute approximate surface area is 173 Å². The van der Waals surface area contributed by atoms with Crippen LogP contribution in [0.25, 0.3) is 0 Å². The Morgan fingerprint density at radius 2 is 1.97 bits per heavy atom. The number of esters is 1. The molecule has 5 fully saturated rings. The molecule has 0 radical (unpaired) electrons. The van der Waals surface area contributed by atoms with E-state index in [-0.39, 0.29) is 47.3 Å². The number of ether oxygens (including phenoxy) is 1. The molecule has 0 aliphatic heterocycles. The van der Waals surface area contributed by atoms with Crippen LogP contribution >= 0.6 is 0 Å². The summed E-state index contributed by atoms with van der Waals surface area (Å²) in [5.41, 5.74) is -0.393. The molecule has 0 heterocycles. The second-order valence-corrected chi connectivity index (χ2v) is 10.5. The van der Waals surface area contributed by atoms with Crippen molar-refractivity contribution in [2.24, 2.45) is 34.0 Å². The molecule has 1 N–H and O–H groups in total. The highest BCUT2D eigenvalue weighted by molar-refractivity contribution is 5.93. The Morgan fingerprint density at radius 1 is 1.24 bits per heavy atom. The van der Waals surface area contributed by atoms with Crippen LogP contribution in [0.4, 0.5) is 0 Å². The second kappa shape index (κ2) is 6.76. The summed E-state index contributed by atoms with van der Waals surface area (Å²) in [6.07, 6.45) is 4.30. The van der Waals surface area contributed by atoms with Crippen molar-refractivity contribution in [1.82, 2.24) is 0 Å². The van der Waals surface area contributed by atoms with Crippen molar-refractivity contribution < 1.29 is 24.2 Å². The standard InChI is InChI=1S/C24H34O5/c1-5-6-19(26)29-13-23(4)16-7-10-24-12-14(2)15(20(27)21(24)28)11-17(24)22(16,3)9-8-18(23)25/h15-17,20,27H,2,5-13H2,1,3-4H3/t15-,16-,17-,20+,22+,23-,24-/m0/s1. The summed E-state index contributed by atoms with van der Waals surface area (Å²) in [4.78, 5) is 38.3. The fraction of sp³-hybridized carbons (Fsp3) is 0.792. The molecule has 0 aromatic heterocycles. The molecule has 0 amide bonds. The van der Waals surface area contributed by atoms with Gasteiger partial charge in [-0.3, -0.25) is 14.4 Å². The number of hydrogen-bond donors (Lipinski definition) is 1. The number of aliphatic hydroxyl groups excluding tert-OH is 1. The van der Waals surface area contributed by atoms with Gasteiger partial charge >= 0.3 is 5.97 Å². The molecule has 5 saturated carbocycles. The molecule has 29 heavy (non-hydrogen) atoms. The number of fused-ring (bicyclic) bond motifs is 3. The number of aliphatic hydroxyl groups is 1. The lowest BCUT2D eigenvalue weighted by molar-refractivity contribution is -0.200. The summed E-state index contributed by atoms with van der Waals surface area (Å²) < 4.78 is 5.56. The van der Waals surface area contributed by atoms with Gasteiger partial charge in [-0.2, -0.15) is 0 Å². The van der Waals surface area contributed by atoms with E-state index in [2.05, 4.69) is 13.5 Å².